The van der Waals surface area contributed by atoms with Gasteiger partial charge in [0.25, 0.3) is 0 Å². The number of hydrogen-bond donors (Lipinski definition) is 2. The van der Waals surface area contributed by atoms with Gasteiger partial charge in [-0.2, -0.15) is 0 Å². The average molecular weight is 362 g/mol. The predicted molar refractivity (Wildman–Crippen MR) is 102 cm³/mol. The third kappa shape index (κ3) is 11.3. The second-order valence-corrected chi connectivity index (χ2v) is 6.37. The fourth-order valence-corrected chi connectivity index (χ4v) is 2.79. The van der Waals surface area contributed by atoms with E-state index in [0.29, 0.717) is 18.7 Å². The lowest BCUT2D eigenvalue weighted by Gasteiger charge is -2.08. The first-order chi connectivity index (χ1) is 12.7. The van der Waals surface area contributed by atoms with Crippen LogP contribution in [0.15, 0.2) is 29.5 Å². The zero-order valence-corrected chi connectivity index (χ0v) is 15.4. The molecule has 1 aromatic carbocycles. The Balaban J connectivity index is 1.95. The summed E-state index contributed by atoms with van der Waals surface area (Å²) in [7, 11) is 0. The number of carboxylic acids is 1. The van der Waals surface area contributed by atoms with Crippen LogP contribution in [0.3, 0.4) is 0 Å². The Morgan fingerprint density at radius 3 is 2.31 bits per heavy atom. The van der Waals surface area contributed by atoms with Crippen LogP contribution in [-0.2, 0) is 11.3 Å². The smallest absolute Gasteiger partial charge is 0.303 e. The zero-order chi connectivity index (χ0) is 18.9. The summed E-state index contributed by atoms with van der Waals surface area (Å²) < 4.78 is 0. The van der Waals surface area contributed by atoms with E-state index in [9.17, 15) is 4.79 Å². The van der Waals surface area contributed by atoms with Crippen LogP contribution in [-0.4, -0.2) is 17.6 Å². The van der Waals surface area contributed by atoms with E-state index in [0.717, 1.165) is 37.8 Å². The Morgan fingerprint density at radius 2 is 1.65 bits per heavy atom. The minimum Gasteiger partial charge on any atom is -0.481 e. The van der Waals surface area contributed by atoms with E-state index in [2.05, 4.69) is 15.5 Å². The van der Waals surface area contributed by atoms with E-state index in [1.807, 2.05) is 18.2 Å². The normalized spacial score (nSPS) is 10.3. The highest BCUT2D eigenvalue weighted by molar-refractivity contribution is 5.66. The number of aliphatic carboxylic acids is 1. The minimum absolute atomic E-state index is 0.301. The number of para-hydroxylation sites is 1. The Kier molecular flexibility index (Phi) is 12.6. The number of nitrogens with one attached hydrogen (secondary N) is 1. The summed E-state index contributed by atoms with van der Waals surface area (Å²) in [6, 6.07) is 7.51. The maximum absolute atomic E-state index is 10.4. The number of benzene rings is 1. The van der Waals surface area contributed by atoms with Crippen molar-refractivity contribution in [3.8, 4) is 5.75 Å². The highest BCUT2D eigenvalue weighted by Crippen LogP contribution is 2.18. The Hall–Kier alpha value is -2.24. The van der Waals surface area contributed by atoms with Gasteiger partial charge in [-0.05, 0) is 31.0 Å². The molecule has 1 rings (SSSR count). The molecule has 2 N–H and O–H groups in total. The third-order valence-electron chi connectivity index (χ3n) is 4.21. The number of rotatable bonds is 16. The van der Waals surface area contributed by atoms with E-state index in [4.69, 9.17) is 15.5 Å². The molecule has 0 heterocycles. The maximum atomic E-state index is 10.4. The SMILES string of the molecule is [N-]=[N+]=NOc1ccccc1CNCCCCCCCCCCCC(=O)O. The molecule has 0 aliphatic carbocycles. The van der Waals surface area contributed by atoms with Gasteiger partial charge in [0, 0.05) is 23.4 Å². The van der Waals surface area contributed by atoms with E-state index < -0.39 is 5.97 Å². The molecule has 0 atom stereocenters. The Bertz CT molecular complexity index is 559. The van der Waals surface area contributed by atoms with Gasteiger partial charge in [-0.3, -0.25) is 4.79 Å². The largest absolute Gasteiger partial charge is 0.481 e. The zero-order valence-electron chi connectivity index (χ0n) is 15.4. The van der Waals surface area contributed by atoms with Crippen molar-refractivity contribution < 1.29 is 14.7 Å². The van der Waals surface area contributed by atoms with Crippen LogP contribution in [0.5, 0.6) is 5.75 Å². The minimum atomic E-state index is -0.690. The van der Waals surface area contributed by atoms with E-state index in [1.54, 1.807) is 6.07 Å². The predicted octanol–water partition coefficient (Wildman–Crippen LogP) is 5.37. The van der Waals surface area contributed by atoms with Crippen LogP contribution >= 0.6 is 0 Å². The molecule has 0 bridgehead atoms. The number of nitrogens with zero attached hydrogens (tertiary/aromatic N) is 3. The first kappa shape index (κ1) is 21.8. The standard InChI is InChI=1S/C19H30N4O3/c20-22-23-26-18-13-10-9-12-17(18)16-21-15-11-7-5-3-1-2-4-6-8-14-19(24)25/h9-10,12-13,21H,1-8,11,14-16H2,(H,24,25). The lowest BCUT2D eigenvalue weighted by molar-refractivity contribution is -0.137. The van der Waals surface area contributed by atoms with Crippen LogP contribution < -0.4 is 10.2 Å². The van der Waals surface area contributed by atoms with Gasteiger partial charge in [-0.25, -0.2) is 0 Å². The Morgan fingerprint density at radius 1 is 1.04 bits per heavy atom. The molecular formula is C19H30N4O3. The van der Waals surface area contributed by atoms with Gasteiger partial charge in [-0.1, -0.05) is 63.1 Å². The molecule has 144 valence electrons. The van der Waals surface area contributed by atoms with Gasteiger partial charge in [0.15, 0.2) is 0 Å². The molecule has 26 heavy (non-hydrogen) atoms. The topological polar surface area (TPSA) is 107 Å². The summed E-state index contributed by atoms with van der Waals surface area (Å²) in [5.41, 5.74) is 9.30. The van der Waals surface area contributed by atoms with Crippen LogP contribution in [0, 0.1) is 0 Å². The van der Waals surface area contributed by atoms with Crippen LogP contribution in [0.4, 0.5) is 0 Å². The first-order valence-electron chi connectivity index (χ1n) is 9.46. The van der Waals surface area contributed by atoms with E-state index in [1.165, 1.54) is 32.1 Å². The molecule has 0 aromatic heterocycles. The third-order valence-corrected chi connectivity index (χ3v) is 4.21. The second kappa shape index (κ2) is 15.0. The highest BCUT2D eigenvalue weighted by Gasteiger charge is 2.02. The summed E-state index contributed by atoms with van der Waals surface area (Å²) in [6.07, 6.45) is 10.6. The molecule has 0 unspecified atom stereocenters. The monoisotopic (exact) mass is 362 g/mol. The van der Waals surface area contributed by atoms with Gasteiger partial charge in [-0.15, -0.1) is 0 Å². The molecular weight excluding hydrogens is 332 g/mol. The van der Waals surface area contributed by atoms with Crippen molar-refractivity contribution in [2.75, 3.05) is 6.54 Å². The summed E-state index contributed by atoms with van der Waals surface area (Å²) in [5.74, 6) is -0.105. The van der Waals surface area contributed by atoms with Crippen molar-refractivity contribution >= 4 is 5.97 Å². The molecule has 7 nitrogen and oxygen atoms in total. The number of carbonyl (C=O) groups is 1. The molecule has 0 aliphatic heterocycles. The number of hydrogen-bond acceptors (Lipinski definition) is 4. The maximum Gasteiger partial charge on any atom is 0.303 e. The van der Waals surface area contributed by atoms with Gasteiger partial charge < -0.3 is 15.3 Å². The van der Waals surface area contributed by atoms with Crippen molar-refractivity contribution in [2.24, 2.45) is 5.28 Å². The van der Waals surface area contributed by atoms with Gasteiger partial charge in [0.1, 0.15) is 11.0 Å². The van der Waals surface area contributed by atoms with Gasteiger partial charge in [0.05, 0.1) is 0 Å². The molecule has 0 fully saturated rings. The molecule has 7 heteroatoms. The van der Waals surface area contributed by atoms with Crippen molar-refractivity contribution in [3.63, 3.8) is 0 Å². The number of carboxylic acid groups (broad SMARTS) is 1. The highest BCUT2D eigenvalue weighted by atomic mass is 16.6. The summed E-state index contributed by atoms with van der Waals surface area (Å²) in [5, 5.41) is 15.1. The Labute approximate surface area is 155 Å². The lowest BCUT2D eigenvalue weighted by atomic mass is 10.1. The van der Waals surface area contributed by atoms with Gasteiger partial charge in [0.2, 0.25) is 0 Å². The molecule has 0 radical (unpaired) electrons. The van der Waals surface area contributed by atoms with Crippen LogP contribution in [0.1, 0.15) is 69.8 Å². The summed E-state index contributed by atoms with van der Waals surface area (Å²) >= 11 is 0. The summed E-state index contributed by atoms with van der Waals surface area (Å²) in [4.78, 5) is 18.0. The van der Waals surface area contributed by atoms with Gasteiger partial charge >= 0.3 is 5.97 Å². The van der Waals surface area contributed by atoms with Crippen molar-refractivity contribution in [1.82, 2.24) is 5.32 Å². The first-order valence-corrected chi connectivity index (χ1v) is 9.46. The lowest BCUT2D eigenvalue weighted by Crippen LogP contribution is -2.15. The molecule has 0 saturated carbocycles. The molecule has 0 saturated heterocycles. The molecule has 0 amide bonds. The molecule has 0 spiro atoms. The number of azide groups is 1. The summed E-state index contributed by atoms with van der Waals surface area (Å²) in [6.45, 7) is 1.64. The van der Waals surface area contributed by atoms with Crippen molar-refractivity contribution in [2.45, 2.75) is 70.8 Å². The fraction of sp³-hybridized carbons (Fsp3) is 0.632. The molecule has 0 aliphatic rings. The molecule has 1 aromatic rings. The quantitative estimate of drug-likeness (QED) is 0.135. The fourth-order valence-electron chi connectivity index (χ4n) is 2.79. The van der Waals surface area contributed by atoms with Crippen LogP contribution in [0.25, 0.3) is 10.4 Å². The van der Waals surface area contributed by atoms with E-state index in [-0.39, 0.29) is 0 Å². The van der Waals surface area contributed by atoms with Crippen LogP contribution in [0.2, 0.25) is 0 Å². The average Bonchev–Trinajstić information content (AvgIpc) is 2.64. The van der Waals surface area contributed by atoms with Crippen molar-refractivity contribution in [1.29, 1.82) is 0 Å². The van der Waals surface area contributed by atoms with E-state index >= 15 is 0 Å². The van der Waals surface area contributed by atoms with Crippen molar-refractivity contribution in [3.05, 3.63) is 40.3 Å². The number of unbranched alkanes of at least 4 members (excludes halogenated alkanes) is 8. The second-order valence-electron chi connectivity index (χ2n) is 6.37.